The number of rotatable bonds is 4. The maximum atomic E-state index is 13.8. The monoisotopic (exact) mass is 392 g/mol. The highest BCUT2D eigenvalue weighted by molar-refractivity contribution is 6.13. The molecule has 1 aliphatic carbocycles. The molecule has 2 atom stereocenters. The molecule has 1 aromatic heterocycles. The van der Waals surface area contributed by atoms with Crippen LogP contribution in [0, 0.1) is 11.8 Å². The molecule has 0 saturated heterocycles. The van der Waals surface area contributed by atoms with Crippen molar-refractivity contribution in [2.75, 3.05) is 7.11 Å². The number of halogens is 3. The average molecular weight is 392 g/mol. The number of aromatic nitrogens is 2. The number of benzene rings is 1. The summed E-state index contributed by atoms with van der Waals surface area (Å²) in [6.45, 7) is 3.85. The summed E-state index contributed by atoms with van der Waals surface area (Å²) in [5, 5.41) is 4.09. The summed E-state index contributed by atoms with van der Waals surface area (Å²) in [5.74, 6) is -1.13. The number of nitrogens with zero attached hydrogens (tertiary/aromatic N) is 3. The third-order valence-corrected chi connectivity index (χ3v) is 5.19. The second-order valence-corrected chi connectivity index (χ2v) is 7.21. The lowest BCUT2D eigenvalue weighted by Gasteiger charge is -2.20. The van der Waals surface area contributed by atoms with Gasteiger partial charge in [0.1, 0.15) is 16.8 Å². The number of alkyl halides is 3. The van der Waals surface area contributed by atoms with Crippen LogP contribution in [0.4, 0.5) is 13.2 Å². The van der Waals surface area contributed by atoms with E-state index in [-0.39, 0.29) is 41.7 Å². The fraction of sp³-hybridized carbons (Fsp3) is 0.421. The van der Waals surface area contributed by atoms with Gasteiger partial charge in [0.15, 0.2) is 0 Å². The highest BCUT2D eigenvalue weighted by Gasteiger charge is 2.40. The van der Waals surface area contributed by atoms with Crippen LogP contribution < -0.4 is 10.2 Å². The number of nitrogens with one attached hydrogen (secondary N) is 1. The number of carbonyl (C=O) groups excluding carboxylic acids is 1. The molecule has 2 aliphatic rings. The number of methoxy groups -OCH3 is 1. The summed E-state index contributed by atoms with van der Waals surface area (Å²) in [6.07, 6.45) is -2.48. The summed E-state index contributed by atoms with van der Waals surface area (Å²) in [7, 11) is 1.42. The van der Waals surface area contributed by atoms with Crippen LogP contribution in [-0.2, 0) is 17.5 Å². The molecule has 1 amide bonds. The van der Waals surface area contributed by atoms with Crippen molar-refractivity contribution in [3.63, 3.8) is 0 Å². The molecule has 2 heterocycles. The molecule has 0 radical (unpaired) electrons. The van der Waals surface area contributed by atoms with E-state index in [9.17, 15) is 18.0 Å². The molecule has 1 aromatic carbocycles. The molecule has 2 unspecified atom stereocenters. The molecule has 1 N–H and O–H groups in total. The van der Waals surface area contributed by atoms with Crippen LogP contribution in [0.3, 0.4) is 0 Å². The number of carbonyl (C=O) groups is 1. The van der Waals surface area contributed by atoms with Crippen molar-refractivity contribution in [2.45, 2.75) is 33.0 Å². The van der Waals surface area contributed by atoms with Crippen LogP contribution in [0.25, 0.3) is 11.0 Å². The van der Waals surface area contributed by atoms with E-state index in [4.69, 9.17) is 4.74 Å². The minimum absolute atomic E-state index is 0.0166. The summed E-state index contributed by atoms with van der Waals surface area (Å²) < 4.78 is 47.8. The highest BCUT2D eigenvalue weighted by atomic mass is 19.4. The van der Waals surface area contributed by atoms with Gasteiger partial charge < -0.3 is 9.30 Å². The Labute approximate surface area is 159 Å². The normalized spacial score (nSPS) is 22.0. The van der Waals surface area contributed by atoms with Crippen molar-refractivity contribution >= 4 is 22.7 Å². The zero-order valence-corrected chi connectivity index (χ0v) is 15.6. The minimum atomic E-state index is -4.61. The van der Waals surface area contributed by atoms with Crippen LogP contribution in [0.2, 0.25) is 0 Å². The third kappa shape index (κ3) is 3.04. The first-order chi connectivity index (χ1) is 13.2. The third-order valence-electron chi connectivity index (χ3n) is 5.19. The van der Waals surface area contributed by atoms with Crippen molar-refractivity contribution < 1.29 is 22.7 Å². The minimum Gasteiger partial charge on any atom is -0.494 e. The first-order valence-electron chi connectivity index (χ1n) is 8.90. The molecule has 2 aromatic rings. The number of ether oxygens (including phenoxy) is 1. The largest absolute Gasteiger partial charge is 0.494 e. The Morgan fingerprint density at radius 2 is 2.07 bits per heavy atom. The van der Waals surface area contributed by atoms with Crippen LogP contribution in [-0.4, -0.2) is 28.3 Å². The van der Waals surface area contributed by atoms with E-state index in [1.807, 2.05) is 19.9 Å². The van der Waals surface area contributed by atoms with E-state index in [1.54, 1.807) is 12.1 Å². The zero-order chi connectivity index (χ0) is 20.2. The Kier molecular flexibility index (Phi) is 4.20. The molecule has 1 aliphatic heterocycles. The number of hydrogen-bond donors (Lipinski definition) is 1. The predicted molar refractivity (Wildman–Crippen MR) is 97.0 cm³/mol. The second kappa shape index (κ2) is 6.35. The number of fused-ring (bicyclic) bond motifs is 1. The fourth-order valence-electron chi connectivity index (χ4n) is 3.61. The van der Waals surface area contributed by atoms with E-state index >= 15 is 0 Å². The maximum absolute atomic E-state index is 13.8. The van der Waals surface area contributed by atoms with Crippen molar-refractivity contribution in [2.24, 2.45) is 16.9 Å². The summed E-state index contributed by atoms with van der Waals surface area (Å²) in [6, 6.07) is 3.26. The molecule has 0 saturated carbocycles. The van der Waals surface area contributed by atoms with Gasteiger partial charge in [-0.25, -0.2) is 10.4 Å². The molecule has 6 nitrogen and oxygen atoms in total. The van der Waals surface area contributed by atoms with E-state index in [2.05, 4.69) is 15.5 Å². The van der Waals surface area contributed by atoms with Gasteiger partial charge in [0.25, 0.3) is 0 Å². The Morgan fingerprint density at radius 1 is 1.36 bits per heavy atom. The first kappa shape index (κ1) is 18.5. The van der Waals surface area contributed by atoms with Crippen LogP contribution in [0.1, 0.15) is 31.7 Å². The van der Waals surface area contributed by atoms with Crippen LogP contribution in [0.15, 0.2) is 28.9 Å². The van der Waals surface area contributed by atoms with E-state index in [0.717, 1.165) is 5.57 Å². The Morgan fingerprint density at radius 3 is 2.64 bits per heavy atom. The lowest BCUT2D eigenvalue weighted by Crippen LogP contribution is -2.32. The first-order valence-corrected chi connectivity index (χ1v) is 8.90. The van der Waals surface area contributed by atoms with Gasteiger partial charge in [-0.05, 0) is 19.1 Å². The molecule has 0 fully saturated rings. The second-order valence-electron chi connectivity index (χ2n) is 7.21. The van der Waals surface area contributed by atoms with Crippen molar-refractivity contribution in [3.05, 3.63) is 35.2 Å². The lowest BCUT2D eigenvalue weighted by atomic mass is 9.93. The SMILES string of the molecule is COc1ccc(C2=NNC(=O)CC2C)c2nc(C(F)(F)F)n(CC3C=C3C)c12. The number of allylic oxidation sites excluding steroid dienone is 2. The van der Waals surface area contributed by atoms with Gasteiger partial charge in [0.05, 0.1) is 12.8 Å². The van der Waals surface area contributed by atoms with E-state index < -0.39 is 12.0 Å². The smallest absolute Gasteiger partial charge is 0.449 e. The molecular formula is C19H19F3N4O2. The Hall–Kier alpha value is -2.84. The van der Waals surface area contributed by atoms with E-state index in [0.29, 0.717) is 17.0 Å². The summed E-state index contributed by atoms with van der Waals surface area (Å²) >= 11 is 0. The molecular weight excluding hydrogens is 373 g/mol. The maximum Gasteiger partial charge on any atom is 0.449 e. The number of imidazole rings is 1. The topological polar surface area (TPSA) is 68.5 Å². The van der Waals surface area contributed by atoms with Gasteiger partial charge in [-0.1, -0.05) is 18.6 Å². The zero-order valence-electron chi connectivity index (χ0n) is 15.6. The van der Waals surface area contributed by atoms with Gasteiger partial charge >= 0.3 is 6.18 Å². The summed E-state index contributed by atoms with van der Waals surface area (Å²) in [4.78, 5) is 15.5. The van der Waals surface area contributed by atoms with Crippen LogP contribution in [0.5, 0.6) is 5.75 Å². The van der Waals surface area contributed by atoms with Gasteiger partial charge in [-0.2, -0.15) is 18.3 Å². The Balaban J connectivity index is 1.95. The number of hydrogen-bond acceptors (Lipinski definition) is 4. The number of amides is 1. The van der Waals surface area contributed by atoms with E-state index in [1.165, 1.54) is 11.7 Å². The Bertz CT molecular complexity index is 1040. The standard InChI is InChI=1S/C19H19F3N4O2/c1-9-6-11(9)8-26-17-13(28-3)5-4-12(15-10(2)7-14(27)24-25-15)16(17)23-18(26)19(20,21)22/h4-6,10-11H,7-8H2,1-3H3,(H,24,27). The predicted octanol–water partition coefficient (Wildman–Crippen LogP) is 3.50. The number of hydrazone groups is 1. The van der Waals surface area contributed by atoms with Crippen molar-refractivity contribution in [3.8, 4) is 5.75 Å². The summed E-state index contributed by atoms with van der Waals surface area (Å²) in [5.41, 5.74) is 4.89. The average Bonchev–Trinajstić information content (AvgIpc) is 3.16. The van der Waals surface area contributed by atoms with Gasteiger partial charge in [-0.3, -0.25) is 4.79 Å². The van der Waals surface area contributed by atoms with Crippen molar-refractivity contribution in [1.82, 2.24) is 15.0 Å². The molecule has 9 heteroatoms. The van der Waals surface area contributed by atoms with Gasteiger partial charge in [0.2, 0.25) is 11.7 Å². The highest BCUT2D eigenvalue weighted by Crippen LogP contribution is 2.40. The molecule has 0 spiro atoms. The van der Waals surface area contributed by atoms with Crippen molar-refractivity contribution in [1.29, 1.82) is 0 Å². The van der Waals surface area contributed by atoms with Gasteiger partial charge in [0, 0.05) is 30.4 Å². The lowest BCUT2D eigenvalue weighted by molar-refractivity contribution is -0.147. The molecule has 4 rings (SSSR count). The molecule has 148 valence electrons. The fourth-order valence-corrected chi connectivity index (χ4v) is 3.61. The van der Waals surface area contributed by atoms with Gasteiger partial charge in [-0.15, -0.1) is 0 Å². The quantitative estimate of drug-likeness (QED) is 0.810. The molecule has 28 heavy (non-hydrogen) atoms. The van der Waals surface area contributed by atoms with Crippen LogP contribution >= 0.6 is 0 Å². The molecule has 0 bridgehead atoms.